The van der Waals surface area contributed by atoms with Gasteiger partial charge >= 0.3 is 0 Å². The van der Waals surface area contributed by atoms with Crippen molar-refractivity contribution < 1.29 is 4.79 Å². The lowest BCUT2D eigenvalue weighted by Gasteiger charge is -2.25. The molecule has 1 amide bonds. The molecule has 5 nitrogen and oxygen atoms in total. The van der Waals surface area contributed by atoms with Crippen molar-refractivity contribution in [3.05, 3.63) is 22.1 Å². The largest absolute Gasteiger partial charge is 0.369 e. The van der Waals surface area contributed by atoms with Crippen molar-refractivity contribution in [2.24, 2.45) is 11.7 Å². The fourth-order valence-electron chi connectivity index (χ4n) is 1.77. The molecule has 1 aromatic heterocycles. The third-order valence-corrected chi connectivity index (χ3v) is 4.10. The van der Waals surface area contributed by atoms with Crippen LogP contribution in [-0.4, -0.2) is 21.2 Å². The van der Waals surface area contributed by atoms with E-state index in [1.54, 1.807) is 10.6 Å². The number of aromatic nitrogens is 2. The smallest absolute Gasteiger partial charge is 0.254 e. The summed E-state index contributed by atoms with van der Waals surface area (Å²) in [4.78, 5) is 27.7. The molecule has 18 heavy (non-hydrogen) atoms. The molecule has 2 N–H and O–H groups in total. The third-order valence-electron chi connectivity index (χ3n) is 2.96. The molecule has 0 bridgehead atoms. The van der Waals surface area contributed by atoms with Gasteiger partial charge in [-0.05, 0) is 0 Å². The molecule has 2 heterocycles. The predicted octanol–water partition coefficient (Wildman–Crippen LogP) is 0.748. The van der Waals surface area contributed by atoms with Crippen molar-refractivity contribution in [1.82, 2.24) is 9.55 Å². The van der Waals surface area contributed by atoms with E-state index in [4.69, 9.17) is 5.73 Å². The first-order valence-electron chi connectivity index (χ1n) is 5.83. The van der Waals surface area contributed by atoms with Crippen LogP contribution in [0.15, 0.2) is 16.0 Å². The lowest BCUT2D eigenvalue weighted by molar-refractivity contribution is -0.121. The molecule has 0 aliphatic carbocycles. The van der Waals surface area contributed by atoms with Crippen LogP contribution in [0, 0.1) is 5.92 Å². The zero-order valence-electron chi connectivity index (χ0n) is 10.8. The average Bonchev–Trinajstić information content (AvgIpc) is 2.27. The highest BCUT2D eigenvalue weighted by atomic mass is 32.2. The minimum Gasteiger partial charge on any atom is -0.369 e. The summed E-state index contributed by atoms with van der Waals surface area (Å²) < 4.78 is 1.54. The summed E-state index contributed by atoms with van der Waals surface area (Å²) in [7, 11) is 0. The van der Waals surface area contributed by atoms with Crippen LogP contribution >= 0.6 is 11.8 Å². The molecule has 0 aromatic carbocycles. The molecular weight excluding hydrogens is 250 g/mol. The van der Waals surface area contributed by atoms with Gasteiger partial charge in [-0.3, -0.25) is 14.2 Å². The van der Waals surface area contributed by atoms with Gasteiger partial charge in [-0.15, -0.1) is 0 Å². The summed E-state index contributed by atoms with van der Waals surface area (Å²) in [6, 6.07) is 1.55. The van der Waals surface area contributed by atoms with Crippen LogP contribution in [0.5, 0.6) is 0 Å². The molecule has 0 radical (unpaired) electrons. The number of carbonyl (C=O) groups excluding carboxylic acids is 1. The van der Waals surface area contributed by atoms with Gasteiger partial charge in [0.25, 0.3) is 5.56 Å². The van der Waals surface area contributed by atoms with Crippen molar-refractivity contribution in [2.45, 2.75) is 37.9 Å². The zero-order chi connectivity index (χ0) is 13.5. The topological polar surface area (TPSA) is 78.0 Å². The lowest BCUT2D eigenvalue weighted by Crippen LogP contribution is -2.38. The molecule has 1 atom stereocenters. The quantitative estimate of drug-likeness (QED) is 0.762. The van der Waals surface area contributed by atoms with Crippen molar-refractivity contribution in [2.75, 3.05) is 5.75 Å². The van der Waals surface area contributed by atoms with Gasteiger partial charge in [0.05, 0.1) is 11.6 Å². The molecule has 1 aliphatic rings. The highest BCUT2D eigenvalue weighted by molar-refractivity contribution is 7.99. The minimum atomic E-state index is -0.361. The van der Waals surface area contributed by atoms with E-state index in [1.165, 1.54) is 11.8 Å². The SMILES string of the molecule is CC(C)(C)c1cc(=O)n2c(n1)SCC(C(N)=O)C2. The van der Waals surface area contributed by atoms with E-state index in [2.05, 4.69) is 4.98 Å². The summed E-state index contributed by atoms with van der Waals surface area (Å²) in [5.74, 6) is -0.0579. The van der Waals surface area contributed by atoms with Gasteiger partial charge in [0.1, 0.15) is 0 Å². The molecule has 98 valence electrons. The Hall–Kier alpha value is -1.30. The first-order chi connectivity index (χ1) is 8.29. The second-order valence-corrected chi connectivity index (χ2v) is 6.52. The molecule has 1 aliphatic heterocycles. The van der Waals surface area contributed by atoms with Crippen molar-refractivity contribution >= 4 is 17.7 Å². The zero-order valence-corrected chi connectivity index (χ0v) is 11.6. The van der Waals surface area contributed by atoms with Crippen LogP contribution in [0.2, 0.25) is 0 Å². The van der Waals surface area contributed by atoms with Gasteiger partial charge in [-0.25, -0.2) is 4.98 Å². The molecule has 0 spiro atoms. The molecule has 2 rings (SSSR count). The Bertz CT molecular complexity index is 545. The van der Waals surface area contributed by atoms with E-state index < -0.39 is 0 Å². The van der Waals surface area contributed by atoms with Gasteiger partial charge in [0.15, 0.2) is 5.16 Å². The van der Waals surface area contributed by atoms with Crippen LogP contribution in [0.3, 0.4) is 0 Å². The van der Waals surface area contributed by atoms with E-state index >= 15 is 0 Å². The van der Waals surface area contributed by atoms with Crippen LogP contribution in [0.4, 0.5) is 0 Å². The van der Waals surface area contributed by atoms with Crippen LogP contribution in [0.25, 0.3) is 0 Å². The van der Waals surface area contributed by atoms with Crippen LogP contribution < -0.4 is 11.3 Å². The highest BCUT2D eigenvalue weighted by Crippen LogP contribution is 2.27. The van der Waals surface area contributed by atoms with E-state index in [1.807, 2.05) is 20.8 Å². The van der Waals surface area contributed by atoms with E-state index in [0.29, 0.717) is 17.5 Å². The Balaban J connectivity index is 2.44. The van der Waals surface area contributed by atoms with E-state index in [9.17, 15) is 9.59 Å². The number of nitrogens with two attached hydrogens (primary N) is 1. The van der Waals surface area contributed by atoms with Crippen molar-refractivity contribution in [3.8, 4) is 0 Å². The predicted molar refractivity (Wildman–Crippen MR) is 70.6 cm³/mol. The molecule has 0 fully saturated rings. The third kappa shape index (κ3) is 2.43. The van der Waals surface area contributed by atoms with Gasteiger partial charge in [-0.2, -0.15) is 0 Å². The number of hydrogen-bond donors (Lipinski definition) is 1. The Morgan fingerprint density at radius 1 is 1.56 bits per heavy atom. The Labute approximate surface area is 110 Å². The van der Waals surface area contributed by atoms with Gasteiger partial charge in [0, 0.05) is 23.8 Å². The summed E-state index contributed by atoms with van der Waals surface area (Å²) in [5.41, 5.74) is 5.80. The van der Waals surface area contributed by atoms with Crippen LogP contribution in [0.1, 0.15) is 26.5 Å². The monoisotopic (exact) mass is 267 g/mol. The van der Waals surface area contributed by atoms with Crippen LogP contribution in [-0.2, 0) is 16.8 Å². The summed E-state index contributed by atoms with van der Waals surface area (Å²) in [6.45, 7) is 6.40. The number of carbonyl (C=O) groups is 1. The molecule has 0 saturated carbocycles. The average molecular weight is 267 g/mol. The molecule has 1 aromatic rings. The maximum Gasteiger partial charge on any atom is 0.254 e. The van der Waals surface area contributed by atoms with Gasteiger partial charge in [-0.1, -0.05) is 32.5 Å². The Kier molecular flexibility index (Phi) is 3.23. The summed E-state index contributed by atoms with van der Waals surface area (Å²) >= 11 is 1.42. The number of rotatable bonds is 1. The molecule has 1 unspecified atom stereocenters. The maximum absolute atomic E-state index is 12.1. The van der Waals surface area contributed by atoms with E-state index in [-0.39, 0.29) is 22.8 Å². The Morgan fingerprint density at radius 2 is 2.22 bits per heavy atom. The number of hydrogen-bond acceptors (Lipinski definition) is 4. The normalized spacial score (nSPS) is 19.4. The summed E-state index contributed by atoms with van der Waals surface area (Å²) in [5, 5.41) is 0.685. The first kappa shape index (κ1) is 13.1. The minimum absolute atomic E-state index is 0.108. The molecule has 0 saturated heterocycles. The van der Waals surface area contributed by atoms with Gasteiger partial charge < -0.3 is 5.73 Å². The lowest BCUT2D eigenvalue weighted by atomic mass is 9.92. The number of amides is 1. The fourth-order valence-corrected chi connectivity index (χ4v) is 2.87. The number of primary amides is 1. The first-order valence-corrected chi connectivity index (χ1v) is 6.82. The second-order valence-electron chi connectivity index (χ2n) is 5.53. The van der Waals surface area contributed by atoms with Crippen molar-refractivity contribution in [1.29, 1.82) is 0 Å². The summed E-state index contributed by atoms with van der Waals surface area (Å²) in [6.07, 6.45) is 0. The number of nitrogens with zero attached hydrogens (tertiary/aromatic N) is 2. The van der Waals surface area contributed by atoms with Crippen molar-refractivity contribution in [3.63, 3.8) is 0 Å². The Morgan fingerprint density at radius 3 is 2.78 bits per heavy atom. The molecule has 6 heteroatoms. The standard InChI is InChI=1S/C12H17N3O2S/c1-12(2,3)8-4-9(16)15-5-7(10(13)17)6-18-11(15)14-8/h4,7H,5-6H2,1-3H3,(H2,13,17). The second kappa shape index (κ2) is 4.42. The fraction of sp³-hybridized carbons (Fsp3) is 0.583. The number of thioether (sulfide) groups is 1. The number of fused-ring (bicyclic) bond motifs is 1. The molecular formula is C12H17N3O2S. The highest BCUT2D eigenvalue weighted by Gasteiger charge is 2.27. The van der Waals surface area contributed by atoms with E-state index in [0.717, 1.165) is 5.69 Å². The van der Waals surface area contributed by atoms with Gasteiger partial charge in [0.2, 0.25) is 5.91 Å². The maximum atomic E-state index is 12.1.